The second-order valence-corrected chi connectivity index (χ2v) is 3.09. The third-order valence-corrected chi connectivity index (χ3v) is 1.94. The first-order chi connectivity index (χ1) is 5.83. The summed E-state index contributed by atoms with van der Waals surface area (Å²) in [5.74, 6) is 0.0155. The van der Waals surface area contributed by atoms with Crippen LogP contribution in [0.25, 0.3) is 0 Å². The number of hydrogen-bond acceptors (Lipinski definition) is 2. The van der Waals surface area contributed by atoms with Crippen LogP contribution in [0.1, 0.15) is 39.0 Å². The van der Waals surface area contributed by atoms with E-state index in [1.54, 1.807) is 4.68 Å². The van der Waals surface area contributed by atoms with Crippen LogP contribution >= 0.6 is 0 Å². The van der Waals surface area contributed by atoms with Gasteiger partial charge in [0.25, 0.3) is 0 Å². The van der Waals surface area contributed by atoms with E-state index in [2.05, 4.69) is 12.0 Å². The number of rotatable bonds is 4. The molecule has 0 bridgehead atoms. The van der Waals surface area contributed by atoms with Crippen LogP contribution in [0.5, 0.6) is 0 Å². The quantitative estimate of drug-likeness (QED) is 0.450. The highest BCUT2D eigenvalue weighted by Crippen LogP contribution is 1.99. The highest BCUT2D eigenvalue weighted by Gasteiger charge is 2.09. The fourth-order valence-corrected chi connectivity index (χ4v) is 1.22. The molecule has 3 nitrogen and oxygen atoms in total. The molecule has 0 atom stereocenters. The smallest absolute Gasteiger partial charge is 0.178 e. The normalized spacial score (nSPS) is 20.1. The molecule has 0 N–H and O–H groups in total. The Balaban J connectivity index is 2.19. The Morgan fingerprint density at radius 1 is 1.58 bits per heavy atom. The molecular formula is C9H16N2O. The lowest BCUT2D eigenvalue weighted by atomic mass is 10.2. The third kappa shape index (κ3) is 3.03. The largest absolute Gasteiger partial charge is 0.857 e. The van der Waals surface area contributed by atoms with Gasteiger partial charge in [0.2, 0.25) is 0 Å². The molecular weight excluding hydrogens is 152 g/mol. The van der Waals surface area contributed by atoms with E-state index in [1.165, 1.54) is 19.3 Å². The van der Waals surface area contributed by atoms with Gasteiger partial charge < -0.3 is 5.11 Å². The van der Waals surface area contributed by atoms with Crippen LogP contribution in [0.3, 0.4) is 0 Å². The first kappa shape index (κ1) is 9.23. The minimum absolute atomic E-state index is 0.0155. The molecule has 12 heavy (non-hydrogen) atoms. The summed E-state index contributed by atoms with van der Waals surface area (Å²) in [7, 11) is 0. The molecule has 68 valence electrons. The Morgan fingerprint density at radius 3 is 3.00 bits per heavy atom. The molecule has 0 saturated carbocycles. The van der Waals surface area contributed by atoms with Crippen molar-refractivity contribution in [1.29, 1.82) is 0 Å². The lowest BCUT2D eigenvalue weighted by Crippen LogP contribution is -2.13. The Kier molecular flexibility index (Phi) is 3.77. The summed E-state index contributed by atoms with van der Waals surface area (Å²) in [5.41, 5.74) is 0. The maximum atomic E-state index is 10.7. The Morgan fingerprint density at radius 2 is 2.42 bits per heavy atom. The van der Waals surface area contributed by atoms with Crippen molar-refractivity contribution in [3.8, 4) is 0 Å². The van der Waals surface area contributed by atoms with Gasteiger partial charge in [-0.25, -0.2) is 0 Å². The molecule has 0 aromatic heterocycles. The highest BCUT2D eigenvalue weighted by atomic mass is 16.3. The zero-order valence-electron chi connectivity index (χ0n) is 7.62. The molecule has 0 spiro atoms. The Labute approximate surface area is 73.4 Å². The molecule has 1 aliphatic heterocycles. The van der Waals surface area contributed by atoms with Crippen LogP contribution in [-0.4, -0.2) is 23.3 Å². The molecule has 0 aliphatic carbocycles. The lowest BCUT2D eigenvalue weighted by Gasteiger charge is -1.90. The van der Waals surface area contributed by atoms with E-state index < -0.39 is 0 Å². The van der Waals surface area contributed by atoms with Crippen LogP contribution in [0, 0.1) is 0 Å². The number of unbranched alkanes of at least 4 members (excludes halogenated alkanes) is 3. The van der Waals surface area contributed by atoms with Crippen molar-refractivity contribution >= 4 is 12.1 Å². The van der Waals surface area contributed by atoms with E-state index in [4.69, 9.17) is 0 Å². The van der Waals surface area contributed by atoms with Crippen molar-refractivity contribution in [3.63, 3.8) is 0 Å². The predicted octanol–water partition coefficient (Wildman–Crippen LogP) is 0.728. The van der Waals surface area contributed by atoms with Gasteiger partial charge >= 0.3 is 0 Å². The molecule has 1 aliphatic rings. The summed E-state index contributed by atoms with van der Waals surface area (Å²) >= 11 is 0. The minimum Gasteiger partial charge on any atom is -0.857 e. The SMILES string of the molecule is CCCCC/C=[N+]1/CCC([O-])=N1. The Hall–Kier alpha value is -0.860. The van der Waals surface area contributed by atoms with E-state index in [-0.39, 0.29) is 5.90 Å². The van der Waals surface area contributed by atoms with Crippen LogP contribution in [0.15, 0.2) is 5.10 Å². The third-order valence-electron chi connectivity index (χ3n) is 1.94. The fraction of sp³-hybridized carbons (Fsp3) is 0.778. The van der Waals surface area contributed by atoms with Gasteiger partial charge in [0, 0.05) is 18.7 Å². The number of hydrogen-bond donors (Lipinski definition) is 0. The van der Waals surface area contributed by atoms with Crippen molar-refractivity contribution in [2.75, 3.05) is 6.54 Å². The van der Waals surface area contributed by atoms with Crippen LogP contribution < -0.4 is 5.11 Å². The summed E-state index contributed by atoms with van der Waals surface area (Å²) < 4.78 is 1.78. The number of nitrogens with zero attached hydrogens (tertiary/aromatic N) is 2. The van der Waals surface area contributed by atoms with Crippen molar-refractivity contribution in [2.45, 2.75) is 39.0 Å². The van der Waals surface area contributed by atoms with Gasteiger partial charge in [-0.05, 0) is 11.5 Å². The van der Waals surface area contributed by atoms with Crippen molar-refractivity contribution < 1.29 is 9.79 Å². The first-order valence-corrected chi connectivity index (χ1v) is 4.67. The van der Waals surface area contributed by atoms with Crippen LogP contribution in [0.4, 0.5) is 0 Å². The first-order valence-electron chi connectivity index (χ1n) is 4.67. The topological polar surface area (TPSA) is 38.4 Å². The van der Waals surface area contributed by atoms with Crippen LogP contribution in [-0.2, 0) is 0 Å². The summed E-state index contributed by atoms with van der Waals surface area (Å²) in [5, 5.41) is 14.5. The average Bonchev–Trinajstić information content (AvgIpc) is 2.45. The van der Waals surface area contributed by atoms with E-state index >= 15 is 0 Å². The van der Waals surface area contributed by atoms with Crippen molar-refractivity contribution in [3.05, 3.63) is 0 Å². The summed E-state index contributed by atoms with van der Waals surface area (Å²) in [6, 6.07) is 0. The monoisotopic (exact) mass is 168 g/mol. The molecule has 0 fully saturated rings. The second-order valence-electron chi connectivity index (χ2n) is 3.09. The van der Waals surface area contributed by atoms with E-state index in [1.807, 2.05) is 6.21 Å². The van der Waals surface area contributed by atoms with Gasteiger partial charge in [-0.15, -0.1) is 0 Å². The maximum absolute atomic E-state index is 10.7. The summed E-state index contributed by atoms with van der Waals surface area (Å²) in [6.07, 6.45) is 7.37. The van der Waals surface area contributed by atoms with Gasteiger partial charge in [0.05, 0.1) is 0 Å². The van der Waals surface area contributed by atoms with Gasteiger partial charge in [0.15, 0.2) is 12.8 Å². The van der Waals surface area contributed by atoms with E-state index in [0.717, 1.165) is 13.0 Å². The molecule has 1 rings (SSSR count). The fourth-order valence-electron chi connectivity index (χ4n) is 1.22. The molecule has 0 radical (unpaired) electrons. The summed E-state index contributed by atoms with van der Waals surface area (Å²) in [4.78, 5) is 0. The van der Waals surface area contributed by atoms with E-state index in [0.29, 0.717) is 6.42 Å². The maximum Gasteiger partial charge on any atom is 0.178 e. The predicted molar refractivity (Wildman–Crippen MR) is 47.4 cm³/mol. The second kappa shape index (κ2) is 4.91. The van der Waals surface area contributed by atoms with E-state index in [9.17, 15) is 5.11 Å². The summed E-state index contributed by atoms with van der Waals surface area (Å²) in [6.45, 7) is 2.97. The Bertz CT molecular complexity index is 197. The van der Waals surface area contributed by atoms with Gasteiger partial charge in [-0.1, -0.05) is 24.4 Å². The molecule has 0 aromatic rings. The zero-order valence-corrected chi connectivity index (χ0v) is 7.62. The van der Waals surface area contributed by atoms with Crippen molar-refractivity contribution in [2.24, 2.45) is 5.10 Å². The lowest BCUT2D eigenvalue weighted by molar-refractivity contribution is -0.520. The highest BCUT2D eigenvalue weighted by molar-refractivity contribution is 5.72. The number of hydrazone groups is 1. The molecule has 0 unspecified atom stereocenters. The zero-order chi connectivity index (χ0) is 8.81. The van der Waals surface area contributed by atoms with Crippen LogP contribution in [0.2, 0.25) is 0 Å². The molecule has 0 saturated heterocycles. The molecule has 0 aromatic carbocycles. The molecule has 1 heterocycles. The molecule has 0 amide bonds. The molecule has 3 heteroatoms. The average molecular weight is 168 g/mol. The minimum atomic E-state index is 0.0155. The van der Waals surface area contributed by atoms with Gasteiger partial charge in [-0.2, -0.15) is 0 Å². The van der Waals surface area contributed by atoms with Gasteiger partial charge in [0.1, 0.15) is 0 Å². The van der Waals surface area contributed by atoms with Crippen molar-refractivity contribution in [1.82, 2.24) is 0 Å². The standard InChI is InChI=1S/C9H16N2O/c1-2-3-4-5-7-11-8-6-9(12)10-11/h7H,2-6,8H2,1H3/b11-7-. The van der Waals surface area contributed by atoms with Gasteiger partial charge in [-0.3, -0.25) is 0 Å².